The molecule has 0 aliphatic heterocycles. The SMILES string of the molecule is CCCCCCCCCCN[C@@H](C)c1ccc(OCC(F)(F)F)cn1. The highest BCUT2D eigenvalue weighted by Crippen LogP contribution is 2.19. The molecule has 0 fully saturated rings. The monoisotopic (exact) mass is 360 g/mol. The lowest BCUT2D eigenvalue weighted by atomic mass is 10.1. The second kappa shape index (κ2) is 12.1. The Labute approximate surface area is 149 Å². The zero-order chi connectivity index (χ0) is 18.5. The summed E-state index contributed by atoms with van der Waals surface area (Å²) in [4.78, 5) is 4.18. The summed E-state index contributed by atoms with van der Waals surface area (Å²) >= 11 is 0. The van der Waals surface area contributed by atoms with Crippen molar-refractivity contribution in [2.24, 2.45) is 0 Å². The number of pyridine rings is 1. The van der Waals surface area contributed by atoms with Crippen molar-refractivity contribution in [3.05, 3.63) is 24.0 Å². The number of halogens is 3. The summed E-state index contributed by atoms with van der Waals surface area (Å²) in [5.41, 5.74) is 0.805. The second-order valence-electron chi connectivity index (χ2n) is 6.47. The molecule has 0 saturated carbocycles. The largest absolute Gasteiger partial charge is 0.483 e. The summed E-state index contributed by atoms with van der Waals surface area (Å²) in [5, 5.41) is 3.40. The van der Waals surface area contributed by atoms with E-state index in [9.17, 15) is 13.2 Å². The van der Waals surface area contributed by atoms with Crippen LogP contribution in [0.25, 0.3) is 0 Å². The summed E-state index contributed by atoms with van der Waals surface area (Å²) in [6, 6.07) is 3.31. The van der Waals surface area contributed by atoms with Gasteiger partial charge >= 0.3 is 6.18 Å². The van der Waals surface area contributed by atoms with Gasteiger partial charge in [0.05, 0.1) is 11.9 Å². The lowest BCUT2D eigenvalue weighted by Gasteiger charge is -2.14. The molecule has 0 aromatic carbocycles. The third-order valence-electron chi connectivity index (χ3n) is 4.09. The van der Waals surface area contributed by atoms with Crippen molar-refractivity contribution in [3.63, 3.8) is 0 Å². The smallest absolute Gasteiger partial charge is 0.422 e. The number of aromatic nitrogens is 1. The topological polar surface area (TPSA) is 34.1 Å². The number of nitrogens with zero attached hydrogens (tertiary/aromatic N) is 1. The van der Waals surface area contributed by atoms with E-state index in [-0.39, 0.29) is 11.8 Å². The molecular weight excluding hydrogens is 329 g/mol. The van der Waals surface area contributed by atoms with E-state index < -0.39 is 12.8 Å². The molecule has 0 unspecified atom stereocenters. The third kappa shape index (κ3) is 11.0. The Morgan fingerprint density at radius 2 is 1.68 bits per heavy atom. The first-order valence-electron chi connectivity index (χ1n) is 9.31. The lowest BCUT2D eigenvalue weighted by Crippen LogP contribution is -2.21. The molecule has 1 aromatic rings. The predicted molar refractivity (Wildman–Crippen MR) is 94.8 cm³/mol. The number of ether oxygens (including phenoxy) is 1. The molecule has 144 valence electrons. The first kappa shape index (κ1) is 21.7. The predicted octanol–water partition coefficient (Wildman–Crippen LogP) is 5.81. The van der Waals surface area contributed by atoms with Gasteiger partial charge in [0.15, 0.2) is 6.61 Å². The van der Waals surface area contributed by atoms with Crippen molar-refractivity contribution in [2.45, 2.75) is 77.4 Å². The Kier molecular flexibility index (Phi) is 10.5. The number of hydrogen-bond acceptors (Lipinski definition) is 3. The van der Waals surface area contributed by atoms with E-state index >= 15 is 0 Å². The van der Waals surface area contributed by atoms with Crippen LogP contribution in [-0.2, 0) is 0 Å². The highest BCUT2D eigenvalue weighted by Gasteiger charge is 2.28. The maximum Gasteiger partial charge on any atom is 0.422 e. The van der Waals surface area contributed by atoms with Crippen LogP contribution in [0.3, 0.4) is 0 Å². The summed E-state index contributed by atoms with van der Waals surface area (Å²) in [5.74, 6) is 0.136. The van der Waals surface area contributed by atoms with E-state index in [1.807, 2.05) is 6.92 Å². The van der Waals surface area contributed by atoms with E-state index in [1.165, 1.54) is 57.2 Å². The van der Waals surface area contributed by atoms with Gasteiger partial charge in [-0.25, -0.2) is 0 Å². The zero-order valence-electron chi connectivity index (χ0n) is 15.4. The van der Waals surface area contributed by atoms with Crippen LogP contribution in [0, 0.1) is 0 Å². The van der Waals surface area contributed by atoms with Crippen LogP contribution < -0.4 is 10.1 Å². The van der Waals surface area contributed by atoms with Crippen molar-refractivity contribution in [3.8, 4) is 5.75 Å². The molecule has 1 aromatic heterocycles. The summed E-state index contributed by atoms with van der Waals surface area (Å²) in [6.45, 7) is 3.86. The molecule has 0 bridgehead atoms. The minimum atomic E-state index is -4.33. The Hall–Kier alpha value is -1.30. The van der Waals surface area contributed by atoms with Crippen LogP contribution in [0.4, 0.5) is 13.2 Å². The molecule has 6 heteroatoms. The minimum Gasteiger partial charge on any atom is -0.483 e. The Morgan fingerprint density at radius 1 is 1.04 bits per heavy atom. The second-order valence-corrected chi connectivity index (χ2v) is 6.47. The average molecular weight is 360 g/mol. The van der Waals surface area contributed by atoms with Crippen molar-refractivity contribution < 1.29 is 17.9 Å². The van der Waals surface area contributed by atoms with Crippen LogP contribution in [0.15, 0.2) is 18.3 Å². The molecule has 3 nitrogen and oxygen atoms in total. The van der Waals surface area contributed by atoms with E-state index in [1.54, 1.807) is 6.07 Å². The van der Waals surface area contributed by atoms with Crippen LogP contribution in [0.2, 0.25) is 0 Å². The number of hydrogen-bond donors (Lipinski definition) is 1. The molecule has 25 heavy (non-hydrogen) atoms. The van der Waals surface area contributed by atoms with Crippen LogP contribution in [-0.4, -0.2) is 24.3 Å². The fourth-order valence-corrected chi connectivity index (χ4v) is 2.58. The van der Waals surface area contributed by atoms with E-state index in [0.29, 0.717) is 0 Å². The molecule has 1 atom stereocenters. The third-order valence-corrected chi connectivity index (χ3v) is 4.09. The lowest BCUT2D eigenvalue weighted by molar-refractivity contribution is -0.153. The number of rotatable bonds is 13. The molecule has 0 aliphatic carbocycles. The van der Waals surface area contributed by atoms with E-state index in [2.05, 4.69) is 22.0 Å². The zero-order valence-corrected chi connectivity index (χ0v) is 15.4. The minimum absolute atomic E-state index is 0.0706. The maximum atomic E-state index is 12.1. The molecule has 0 saturated heterocycles. The Morgan fingerprint density at radius 3 is 2.24 bits per heavy atom. The van der Waals surface area contributed by atoms with E-state index in [0.717, 1.165) is 18.7 Å². The molecule has 0 radical (unpaired) electrons. The molecule has 1 N–H and O–H groups in total. The standard InChI is InChI=1S/C19H31F3N2O/c1-3-4-5-6-7-8-9-10-13-23-16(2)18-12-11-17(14-24-18)25-15-19(20,21)22/h11-12,14,16,23H,3-10,13,15H2,1-2H3/t16-/m0/s1. The van der Waals surface area contributed by atoms with Gasteiger partial charge in [-0.3, -0.25) is 4.98 Å². The van der Waals surface area contributed by atoms with Crippen molar-refractivity contribution in [1.29, 1.82) is 0 Å². The first-order valence-corrected chi connectivity index (χ1v) is 9.31. The molecule has 0 amide bonds. The number of nitrogens with one attached hydrogen (secondary N) is 1. The number of unbranched alkanes of at least 4 members (excludes halogenated alkanes) is 7. The van der Waals surface area contributed by atoms with Crippen LogP contribution in [0.5, 0.6) is 5.75 Å². The van der Waals surface area contributed by atoms with Crippen molar-refractivity contribution >= 4 is 0 Å². The Balaban J connectivity index is 2.15. The highest BCUT2D eigenvalue weighted by atomic mass is 19.4. The first-order chi connectivity index (χ1) is 11.9. The van der Waals surface area contributed by atoms with Crippen molar-refractivity contribution in [2.75, 3.05) is 13.2 Å². The average Bonchev–Trinajstić information content (AvgIpc) is 2.58. The molecule has 1 rings (SSSR count). The van der Waals surface area contributed by atoms with E-state index in [4.69, 9.17) is 0 Å². The molecule has 0 spiro atoms. The fourth-order valence-electron chi connectivity index (χ4n) is 2.58. The summed E-state index contributed by atoms with van der Waals surface area (Å²) < 4.78 is 41.0. The quantitative estimate of drug-likeness (QED) is 0.451. The van der Waals surface area contributed by atoms with Crippen molar-refractivity contribution in [1.82, 2.24) is 10.3 Å². The highest BCUT2D eigenvalue weighted by molar-refractivity contribution is 5.21. The summed E-state index contributed by atoms with van der Waals surface area (Å²) in [7, 11) is 0. The van der Waals surface area contributed by atoms with Gasteiger partial charge in [0.2, 0.25) is 0 Å². The fraction of sp³-hybridized carbons (Fsp3) is 0.737. The van der Waals surface area contributed by atoms with Crippen LogP contribution >= 0.6 is 0 Å². The van der Waals surface area contributed by atoms with Gasteiger partial charge in [-0.15, -0.1) is 0 Å². The maximum absolute atomic E-state index is 12.1. The van der Waals surface area contributed by atoms with Gasteiger partial charge < -0.3 is 10.1 Å². The van der Waals surface area contributed by atoms with Gasteiger partial charge in [-0.05, 0) is 32.0 Å². The number of alkyl halides is 3. The van der Waals surface area contributed by atoms with Gasteiger partial charge in [0.1, 0.15) is 5.75 Å². The van der Waals surface area contributed by atoms with Gasteiger partial charge in [0.25, 0.3) is 0 Å². The van der Waals surface area contributed by atoms with Crippen LogP contribution in [0.1, 0.15) is 76.9 Å². The summed E-state index contributed by atoms with van der Waals surface area (Å²) in [6.07, 6.45) is 7.27. The molecule has 1 heterocycles. The normalized spacial score (nSPS) is 13.0. The molecular formula is C19H31F3N2O. The van der Waals surface area contributed by atoms with Gasteiger partial charge in [-0.1, -0.05) is 51.9 Å². The molecule has 0 aliphatic rings. The Bertz CT molecular complexity index is 449. The van der Waals surface area contributed by atoms with Gasteiger partial charge in [0, 0.05) is 6.04 Å². The van der Waals surface area contributed by atoms with Gasteiger partial charge in [-0.2, -0.15) is 13.2 Å².